The van der Waals surface area contributed by atoms with Crippen LogP contribution in [-0.2, 0) is 0 Å². The van der Waals surface area contributed by atoms with Crippen LogP contribution >= 0.6 is 47.8 Å². The molecule has 4 nitrogen and oxygen atoms in total. The van der Waals surface area contributed by atoms with Crippen LogP contribution in [-0.4, -0.2) is 22.8 Å². The second-order valence-corrected chi connectivity index (χ2v) is 5.53. The largest absolute Gasteiger partial charge is 0.504 e. The number of hydrogen-bond donors (Lipinski definition) is 2. The Morgan fingerprint density at radius 3 is 2.29 bits per heavy atom. The Labute approximate surface area is 123 Å². The third kappa shape index (κ3) is 2.95. The molecule has 0 aliphatic carbocycles. The van der Waals surface area contributed by atoms with Gasteiger partial charge in [-0.25, -0.2) is 4.79 Å². The van der Waals surface area contributed by atoms with Crippen LogP contribution in [0.5, 0.6) is 11.5 Å². The predicted octanol–water partition coefficient (Wildman–Crippen LogP) is 4.17. The SMILES string of the molecule is CCCOc1c(O)c(C(=O)O)c(Br)c(Br)c1Br. The van der Waals surface area contributed by atoms with E-state index in [9.17, 15) is 9.90 Å². The highest BCUT2D eigenvalue weighted by atomic mass is 79.9. The molecule has 0 aliphatic rings. The first kappa shape index (κ1) is 14.8. The van der Waals surface area contributed by atoms with E-state index in [0.717, 1.165) is 6.42 Å². The van der Waals surface area contributed by atoms with Crippen LogP contribution in [0.3, 0.4) is 0 Å². The van der Waals surface area contributed by atoms with E-state index in [0.29, 0.717) is 15.6 Å². The van der Waals surface area contributed by atoms with Gasteiger partial charge < -0.3 is 14.9 Å². The van der Waals surface area contributed by atoms with Gasteiger partial charge in [0.2, 0.25) is 0 Å². The van der Waals surface area contributed by atoms with Crippen LogP contribution in [0.25, 0.3) is 0 Å². The van der Waals surface area contributed by atoms with Gasteiger partial charge in [-0.1, -0.05) is 6.92 Å². The van der Waals surface area contributed by atoms with Gasteiger partial charge in [0.05, 0.1) is 20.0 Å². The summed E-state index contributed by atoms with van der Waals surface area (Å²) in [5.41, 5.74) is -0.230. The number of phenols is 1. The van der Waals surface area contributed by atoms with Gasteiger partial charge in [-0.2, -0.15) is 0 Å². The van der Waals surface area contributed by atoms with Crippen LogP contribution in [0.15, 0.2) is 13.4 Å². The molecule has 0 fully saturated rings. The third-order valence-electron chi connectivity index (χ3n) is 1.92. The van der Waals surface area contributed by atoms with Gasteiger partial charge >= 0.3 is 5.97 Å². The molecule has 7 heteroatoms. The van der Waals surface area contributed by atoms with Gasteiger partial charge in [0.1, 0.15) is 5.56 Å². The van der Waals surface area contributed by atoms with Crippen LogP contribution in [0, 0.1) is 0 Å². The zero-order valence-electron chi connectivity index (χ0n) is 8.76. The second kappa shape index (κ2) is 6.06. The first-order valence-electron chi connectivity index (χ1n) is 4.67. The van der Waals surface area contributed by atoms with Gasteiger partial charge in [-0.3, -0.25) is 0 Å². The van der Waals surface area contributed by atoms with E-state index in [2.05, 4.69) is 47.8 Å². The van der Waals surface area contributed by atoms with E-state index in [-0.39, 0.29) is 15.8 Å². The summed E-state index contributed by atoms with van der Waals surface area (Å²) in [4.78, 5) is 11.1. The first-order valence-corrected chi connectivity index (χ1v) is 7.05. The topological polar surface area (TPSA) is 66.8 Å². The normalized spacial score (nSPS) is 10.4. The summed E-state index contributed by atoms with van der Waals surface area (Å²) in [5.74, 6) is -1.50. The molecule has 0 aliphatic heterocycles. The molecule has 1 aromatic carbocycles. The summed E-state index contributed by atoms with van der Waals surface area (Å²) in [6.07, 6.45) is 0.752. The lowest BCUT2D eigenvalue weighted by molar-refractivity contribution is 0.0691. The number of ether oxygens (including phenoxy) is 1. The Hall–Kier alpha value is -0.270. The Morgan fingerprint density at radius 2 is 1.82 bits per heavy atom. The minimum absolute atomic E-state index is 0.124. The fraction of sp³-hybridized carbons (Fsp3) is 0.300. The van der Waals surface area contributed by atoms with Gasteiger partial charge in [0.15, 0.2) is 11.5 Å². The maximum Gasteiger partial charge on any atom is 0.340 e. The summed E-state index contributed by atoms with van der Waals surface area (Å²) >= 11 is 9.58. The summed E-state index contributed by atoms with van der Waals surface area (Å²) in [6.45, 7) is 2.30. The molecule has 0 heterocycles. The maximum atomic E-state index is 11.1. The van der Waals surface area contributed by atoms with Crippen molar-refractivity contribution in [3.63, 3.8) is 0 Å². The number of carboxylic acids is 1. The number of carbonyl (C=O) groups is 1. The highest BCUT2D eigenvalue weighted by Crippen LogP contribution is 2.47. The first-order chi connectivity index (χ1) is 7.91. The van der Waals surface area contributed by atoms with Crippen molar-refractivity contribution in [2.24, 2.45) is 0 Å². The zero-order chi connectivity index (χ0) is 13.2. The van der Waals surface area contributed by atoms with Crippen molar-refractivity contribution in [1.82, 2.24) is 0 Å². The fourth-order valence-electron chi connectivity index (χ4n) is 1.16. The number of halogens is 3. The molecule has 0 aromatic heterocycles. The van der Waals surface area contributed by atoms with Crippen molar-refractivity contribution in [3.8, 4) is 11.5 Å². The molecule has 0 spiro atoms. The zero-order valence-corrected chi connectivity index (χ0v) is 13.5. The molecule has 1 aromatic rings. The van der Waals surface area contributed by atoms with Crippen LogP contribution in [0.2, 0.25) is 0 Å². The molecular weight excluding hydrogens is 424 g/mol. The highest BCUT2D eigenvalue weighted by molar-refractivity contribution is 9.14. The third-order valence-corrected chi connectivity index (χ3v) is 5.33. The Morgan fingerprint density at radius 1 is 1.24 bits per heavy atom. The molecule has 0 saturated heterocycles. The Kier molecular flexibility index (Phi) is 5.27. The van der Waals surface area contributed by atoms with E-state index < -0.39 is 11.7 Å². The van der Waals surface area contributed by atoms with Gasteiger partial charge in [-0.05, 0) is 54.2 Å². The van der Waals surface area contributed by atoms with Crippen molar-refractivity contribution in [3.05, 3.63) is 19.0 Å². The molecular formula is C10H9Br3O4. The van der Waals surface area contributed by atoms with Crippen molar-refractivity contribution in [2.75, 3.05) is 6.61 Å². The van der Waals surface area contributed by atoms with Crippen molar-refractivity contribution < 1.29 is 19.7 Å². The minimum Gasteiger partial charge on any atom is -0.504 e. The number of hydrogen-bond acceptors (Lipinski definition) is 3. The van der Waals surface area contributed by atoms with E-state index in [4.69, 9.17) is 9.84 Å². The number of carboxylic acid groups (broad SMARTS) is 1. The van der Waals surface area contributed by atoms with Gasteiger partial charge in [-0.15, -0.1) is 0 Å². The highest BCUT2D eigenvalue weighted by Gasteiger charge is 2.25. The number of benzene rings is 1. The molecule has 94 valence electrons. The van der Waals surface area contributed by atoms with E-state index in [1.807, 2.05) is 6.92 Å². The second-order valence-electron chi connectivity index (χ2n) is 3.15. The molecule has 0 saturated carbocycles. The standard InChI is InChI=1S/C10H9Br3O4/c1-2-3-17-9-7(13)6(12)5(11)4(8(9)14)10(15)16/h14H,2-3H2,1H3,(H,15,16). The monoisotopic (exact) mass is 430 g/mol. The number of aromatic carboxylic acids is 1. The molecule has 2 N–H and O–H groups in total. The molecule has 0 atom stereocenters. The van der Waals surface area contributed by atoms with Gasteiger partial charge in [0.25, 0.3) is 0 Å². The average Bonchev–Trinajstić information content (AvgIpc) is 2.26. The molecule has 0 bridgehead atoms. The van der Waals surface area contributed by atoms with E-state index in [1.54, 1.807) is 0 Å². The maximum absolute atomic E-state index is 11.1. The van der Waals surface area contributed by atoms with E-state index in [1.165, 1.54) is 0 Å². The predicted molar refractivity (Wildman–Crippen MR) is 74.0 cm³/mol. The van der Waals surface area contributed by atoms with E-state index >= 15 is 0 Å². The summed E-state index contributed by atoms with van der Waals surface area (Å²) in [6, 6.07) is 0. The van der Waals surface area contributed by atoms with Gasteiger partial charge in [0, 0.05) is 0 Å². The molecule has 0 unspecified atom stereocenters. The summed E-state index contributed by atoms with van der Waals surface area (Å²) in [7, 11) is 0. The Bertz CT molecular complexity index is 460. The lowest BCUT2D eigenvalue weighted by atomic mass is 10.2. The van der Waals surface area contributed by atoms with Crippen molar-refractivity contribution in [1.29, 1.82) is 0 Å². The average molecular weight is 433 g/mol. The quantitative estimate of drug-likeness (QED) is 0.701. The fourth-order valence-corrected chi connectivity index (χ4v) is 2.86. The van der Waals surface area contributed by atoms with Crippen LogP contribution in [0.1, 0.15) is 23.7 Å². The van der Waals surface area contributed by atoms with Crippen molar-refractivity contribution >= 4 is 53.8 Å². The van der Waals surface area contributed by atoms with Crippen LogP contribution in [0.4, 0.5) is 0 Å². The summed E-state index contributed by atoms with van der Waals surface area (Å²) in [5, 5.41) is 18.9. The summed E-state index contributed by atoms with van der Waals surface area (Å²) < 4.78 is 6.55. The number of aromatic hydroxyl groups is 1. The van der Waals surface area contributed by atoms with Crippen LogP contribution < -0.4 is 4.74 Å². The molecule has 17 heavy (non-hydrogen) atoms. The lowest BCUT2D eigenvalue weighted by Crippen LogP contribution is -2.04. The smallest absolute Gasteiger partial charge is 0.340 e. The Balaban J connectivity index is 3.44. The molecule has 1 rings (SSSR count). The molecule has 0 amide bonds. The lowest BCUT2D eigenvalue weighted by Gasteiger charge is -2.14. The number of rotatable bonds is 4. The molecule has 0 radical (unpaired) electrons. The van der Waals surface area contributed by atoms with Crippen molar-refractivity contribution in [2.45, 2.75) is 13.3 Å². The minimum atomic E-state index is -1.23.